The molecule has 0 bridgehead atoms. The maximum atomic E-state index is 2.36. The standard InChI is InChI=1S/C16H36P.ClH2/c1-5-9-13-17(14-10-6-2,15-11-7-3)16-12-8-4;/h5-16H2,1-4H3;1H2/q2*+1. The molecule has 0 aliphatic carbocycles. The maximum Gasteiger partial charge on any atom is 0.0903 e. The van der Waals surface area contributed by atoms with E-state index in [1.807, 2.05) is 0 Å². The van der Waals surface area contributed by atoms with E-state index in [1.165, 1.54) is 51.4 Å². The molecule has 0 spiro atoms. The molecule has 112 valence electrons. The predicted octanol–water partition coefficient (Wildman–Crippen LogP) is 5.67. The van der Waals surface area contributed by atoms with E-state index in [1.54, 1.807) is 24.6 Å². The molecule has 0 aliphatic heterocycles. The highest BCUT2D eigenvalue weighted by molar-refractivity contribution is 7.75. The smallest absolute Gasteiger partial charge is 0.0652 e. The second-order valence-electron chi connectivity index (χ2n) is 5.65. The fraction of sp³-hybridized carbons (Fsp3) is 1.00. The molecule has 0 aromatic heterocycles. The molecule has 0 nitrogen and oxygen atoms in total. The topological polar surface area (TPSA) is 0 Å². The van der Waals surface area contributed by atoms with Crippen molar-refractivity contribution in [3.05, 3.63) is 0 Å². The minimum atomic E-state index is -0.562. The highest BCUT2D eigenvalue weighted by atomic mass is 35.5. The van der Waals surface area contributed by atoms with Crippen LogP contribution in [0, 0.1) is 12.4 Å². The number of hydrogen-bond donors (Lipinski definition) is 0. The molecule has 0 aromatic carbocycles. The summed E-state index contributed by atoms with van der Waals surface area (Å²) in [5, 5.41) is 0. The Morgan fingerprint density at radius 2 is 0.722 bits per heavy atom. The summed E-state index contributed by atoms with van der Waals surface area (Å²) in [5.41, 5.74) is 0. The summed E-state index contributed by atoms with van der Waals surface area (Å²) < 4.78 is 0. The Kier molecular flexibility index (Phi) is 16.5. The van der Waals surface area contributed by atoms with Gasteiger partial charge < -0.3 is 0 Å². The first kappa shape index (κ1) is 21.0. The Bertz CT molecular complexity index is 122. The lowest BCUT2D eigenvalue weighted by Crippen LogP contribution is -2.12. The molecule has 2 heteroatoms. The van der Waals surface area contributed by atoms with Crippen molar-refractivity contribution in [1.29, 1.82) is 0 Å². The average molecular weight is 297 g/mol. The number of hydrogen-bond acceptors (Lipinski definition) is 0. The van der Waals surface area contributed by atoms with Gasteiger partial charge >= 0.3 is 0 Å². The number of halogens is 1. The monoisotopic (exact) mass is 296 g/mol. The quantitative estimate of drug-likeness (QED) is 0.407. The van der Waals surface area contributed by atoms with Gasteiger partial charge in [0.2, 0.25) is 0 Å². The van der Waals surface area contributed by atoms with Crippen molar-refractivity contribution in [3.63, 3.8) is 0 Å². The van der Waals surface area contributed by atoms with E-state index < -0.39 is 7.26 Å². The van der Waals surface area contributed by atoms with E-state index >= 15 is 0 Å². The van der Waals surface area contributed by atoms with Crippen molar-refractivity contribution < 1.29 is 12.4 Å². The van der Waals surface area contributed by atoms with E-state index in [2.05, 4.69) is 27.7 Å². The van der Waals surface area contributed by atoms with E-state index in [0.717, 1.165) is 0 Å². The molecule has 0 saturated heterocycles. The highest BCUT2D eigenvalue weighted by Gasteiger charge is 2.34. The second kappa shape index (κ2) is 14.1. The van der Waals surface area contributed by atoms with Crippen LogP contribution in [0.25, 0.3) is 0 Å². The summed E-state index contributed by atoms with van der Waals surface area (Å²) in [6.07, 6.45) is 17.9. The Morgan fingerprint density at radius 3 is 0.889 bits per heavy atom. The molecule has 0 rings (SSSR count). The molecule has 0 unspecified atom stereocenters. The van der Waals surface area contributed by atoms with Crippen LogP contribution in [-0.2, 0) is 0 Å². The summed E-state index contributed by atoms with van der Waals surface area (Å²) in [4.78, 5) is 0. The van der Waals surface area contributed by atoms with Crippen molar-refractivity contribution in [1.82, 2.24) is 0 Å². The van der Waals surface area contributed by atoms with Crippen LogP contribution >= 0.6 is 7.26 Å². The summed E-state index contributed by atoms with van der Waals surface area (Å²) in [5.74, 6) is 0. The largest absolute Gasteiger partial charge is 0.0903 e. The van der Waals surface area contributed by atoms with E-state index in [9.17, 15) is 0 Å². The van der Waals surface area contributed by atoms with Gasteiger partial charge in [-0.1, -0.05) is 53.4 Å². The minimum absolute atomic E-state index is 0. The second-order valence-corrected chi connectivity index (χ2v) is 10.1. The lowest BCUT2D eigenvalue weighted by molar-refractivity contribution is -0.00000402. The van der Waals surface area contributed by atoms with Crippen LogP contribution in [0.2, 0.25) is 0 Å². The van der Waals surface area contributed by atoms with Gasteiger partial charge in [0.05, 0.1) is 37.1 Å². The predicted molar refractivity (Wildman–Crippen MR) is 88.8 cm³/mol. The zero-order valence-corrected chi connectivity index (χ0v) is 15.2. The minimum Gasteiger partial charge on any atom is -0.0652 e. The molecule has 0 atom stereocenters. The zero-order chi connectivity index (χ0) is 13.0. The number of rotatable bonds is 12. The third-order valence-electron chi connectivity index (χ3n) is 3.94. The Hall–Kier alpha value is 0.720. The molecule has 18 heavy (non-hydrogen) atoms. The molecule has 0 heterocycles. The van der Waals surface area contributed by atoms with Gasteiger partial charge in [0.1, 0.15) is 0 Å². The zero-order valence-electron chi connectivity index (χ0n) is 13.4. The van der Waals surface area contributed by atoms with Gasteiger partial charge in [0, 0.05) is 7.26 Å². The van der Waals surface area contributed by atoms with Crippen molar-refractivity contribution >= 4 is 7.26 Å². The Labute approximate surface area is 123 Å². The van der Waals surface area contributed by atoms with E-state index in [4.69, 9.17) is 0 Å². The summed E-state index contributed by atoms with van der Waals surface area (Å²) in [7, 11) is -0.562. The summed E-state index contributed by atoms with van der Waals surface area (Å²) >= 11 is 0. The van der Waals surface area contributed by atoms with E-state index in [-0.39, 0.29) is 12.4 Å². The third-order valence-corrected chi connectivity index (χ3v) is 9.00. The maximum absolute atomic E-state index is 2.36. The average Bonchev–Trinajstić information content (AvgIpc) is 2.37. The SMILES string of the molecule is CCCC[P+](CCCC)(CCCC)CCCC.[ClH2+]. The van der Waals surface area contributed by atoms with Gasteiger partial charge in [-0.3, -0.25) is 0 Å². The molecule has 0 aromatic rings. The van der Waals surface area contributed by atoms with Crippen LogP contribution in [-0.4, -0.2) is 24.6 Å². The number of unbranched alkanes of at least 4 members (excludes halogenated alkanes) is 4. The van der Waals surface area contributed by atoms with Crippen molar-refractivity contribution in [2.75, 3.05) is 24.6 Å². The first-order valence-corrected chi connectivity index (χ1v) is 10.6. The first-order chi connectivity index (χ1) is 8.24. The molecule has 0 aliphatic rings. The van der Waals surface area contributed by atoms with Crippen LogP contribution in [0.3, 0.4) is 0 Å². The molecule has 0 N–H and O–H groups in total. The van der Waals surface area contributed by atoms with Gasteiger partial charge in [-0.2, -0.15) is 0 Å². The van der Waals surface area contributed by atoms with Gasteiger partial charge in [0.25, 0.3) is 0 Å². The molecule has 0 radical (unpaired) electrons. The summed E-state index contributed by atoms with van der Waals surface area (Å²) in [6, 6.07) is 0. The van der Waals surface area contributed by atoms with Crippen LogP contribution in [0.5, 0.6) is 0 Å². The normalized spacial score (nSPS) is 11.3. The van der Waals surface area contributed by atoms with Crippen LogP contribution < -0.4 is 0 Å². The molecular weight excluding hydrogens is 259 g/mol. The molecule has 0 saturated carbocycles. The molecule has 0 fully saturated rings. The van der Waals surface area contributed by atoms with Gasteiger partial charge in [-0.15, -0.1) is 0 Å². The fourth-order valence-corrected chi connectivity index (χ4v) is 7.93. The Morgan fingerprint density at radius 1 is 0.500 bits per heavy atom. The molecule has 0 amide bonds. The van der Waals surface area contributed by atoms with Gasteiger partial charge in [-0.25, -0.2) is 0 Å². The van der Waals surface area contributed by atoms with Crippen molar-refractivity contribution in [3.8, 4) is 0 Å². The van der Waals surface area contributed by atoms with E-state index in [0.29, 0.717) is 0 Å². The first-order valence-electron chi connectivity index (χ1n) is 8.09. The fourth-order valence-electron chi connectivity index (χ4n) is 2.64. The Balaban J connectivity index is 0. The van der Waals surface area contributed by atoms with Gasteiger partial charge in [0.15, 0.2) is 0 Å². The van der Waals surface area contributed by atoms with Crippen molar-refractivity contribution in [2.24, 2.45) is 0 Å². The molecular formula is C16H38ClP+2. The van der Waals surface area contributed by atoms with Crippen LogP contribution in [0.1, 0.15) is 79.1 Å². The van der Waals surface area contributed by atoms with Crippen molar-refractivity contribution in [2.45, 2.75) is 79.1 Å². The highest BCUT2D eigenvalue weighted by Crippen LogP contribution is 2.61. The van der Waals surface area contributed by atoms with Gasteiger partial charge in [-0.05, 0) is 25.7 Å². The lowest BCUT2D eigenvalue weighted by atomic mass is 10.4. The van der Waals surface area contributed by atoms with Crippen LogP contribution in [0.4, 0.5) is 0 Å². The summed E-state index contributed by atoms with van der Waals surface area (Å²) in [6.45, 7) is 9.42. The lowest BCUT2D eigenvalue weighted by Gasteiger charge is -2.28. The third kappa shape index (κ3) is 9.62. The van der Waals surface area contributed by atoms with Crippen LogP contribution in [0.15, 0.2) is 0 Å².